The lowest BCUT2D eigenvalue weighted by atomic mass is 9.97. The number of nitrogens with zero attached hydrogens (tertiary/aromatic N) is 3. The summed E-state index contributed by atoms with van der Waals surface area (Å²) < 4.78 is 7.11. The molecule has 4 rings (SSSR count). The number of aromatic nitrogens is 1. The van der Waals surface area contributed by atoms with Crippen molar-refractivity contribution in [2.75, 3.05) is 24.6 Å². The second kappa shape index (κ2) is 11.9. The van der Waals surface area contributed by atoms with Gasteiger partial charge in [-0.15, -0.1) is 0 Å². The van der Waals surface area contributed by atoms with Crippen molar-refractivity contribution in [3.8, 4) is 5.69 Å². The number of benzene rings is 2. The number of carbonyl (C=O) groups excluding carboxylic acids is 3. The molecule has 1 aromatic heterocycles. The van der Waals surface area contributed by atoms with Crippen LogP contribution in [0.25, 0.3) is 5.69 Å². The minimum atomic E-state index is -0.400. The largest absolute Gasteiger partial charge is 0.466 e. The number of hydrogen-bond donors (Lipinski definition) is 0. The molecule has 194 valence electrons. The third-order valence-corrected chi connectivity index (χ3v) is 6.69. The lowest BCUT2D eigenvalue weighted by Gasteiger charge is -2.39. The van der Waals surface area contributed by atoms with Gasteiger partial charge in [0.15, 0.2) is 0 Å². The third-order valence-electron chi connectivity index (χ3n) is 6.69. The smallest absolute Gasteiger partial charge is 0.306 e. The number of ether oxygens (including phenoxy) is 1. The fraction of sp³-hybridized carbons (Fsp3) is 0.367. The lowest BCUT2D eigenvalue weighted by Crippen LogP contribution is -2.47. The van der Waals surface area contributed by atoms with Crippen LogP contribution in [0.2, 0.25) is 0 Å². The average Bonchev–Trinajstić information content (AvgIpc) is 3.39. The van der Waals surface area contributed by atoms with Crippen LogP contribution in [0.15, 0.2) is 66.9 Å². The van der Waals surface area contributed by atoms with Gasteiger partial charge in [0.25, 0.3) is 0 Å². The van der Waals surface area contributed by atoms with Gasteiger partial charge in [-0.2, -0.15) is 0 Å². The molecule has 0 fully saturated rings. The third kappa shape index (κ3) is 5.77. The van der Waals surface area contributed by atoms with Crippen molar-refractivity contribution < 1.29 is 19.1 Å². The van der Waals surface area contributed by atoms with Crippen LogP contribution < -0.4 is 4.90 Å². The Morgan fingerprint density at radius 3 is 2.35 bits per heavy atom. The quantitative estimate of drug-likeness (QED) is 0.358. The van der Waals surface area contributed by atoms with Crippen LogP contribution in [0.3, 0.4) is 0 Å². The molecule has 7 heteroatoms. The molecule has 1 unspecified atom stereocenters. The Balaban J connectivity index is 1.67. The van der Waals surface area contributed by atoms with Gasteiger partial charge in [0.1, 0.15) is 12.6 Å². The van der Waals surface area contributed by atoms with Gasteiger partial charge in [0.05, 0.1) is 30.1 Å². The molecule has 0 spiro atoms. The second-order valence-corrected chi connectivity index (χ2v) is 9.34. The fourth-order valence-corrected chi connectivity index (χ4v) is 4.81. The summed E-state index contributed by atoms with van der Waals surface area (Å²) in [6, 6.07) is 19.8. The Morgan fingerprint density at radius 2 is 1.65 bits per heavy atom. The highest BCUT2D eigenvalue weighted by Gasteiger charge is 2.36. The first-order valence-electron chi connectivity index (χ1n) is 13.0. The van der Waals surface area contributed by atoms with E-state index in [4.69, 9.17) is 4.74 Å². The molecule has 2 amide bonds. The van der Waals surface area contributed by atoms with E-state index in [2.05, 4.69) is 28.8 Å². The van der Waals surface area contributed by atoms with Crippen molar-refractivity contribution in [3.05, 3.63) is 83.7 Å². The monoisotopic (exact) mass is 501 g/mol. The van der Waals surface area contributed by atoms with Crippen LogP contribution in [0.5, 0.6) is 0 Å². The van der Waals surface area contributed by atoms with E-state index in [9.17, 15) is 14.4 Å². The molecule has 1 aliphatic rings. The molecule has 3 aromatic rings. The molecule has 1 aliphatic heterocycles. The van der Waals surface area contributed by atoms with Crippen LogP contribution in [0.4, 0.5) is 5.69 Å². The normalized spacial score (nSPS) is 14.0. The fourth-order valence-electron chi connectivity index (χ4n) is 4.81. The molecule has 0 saturated carbocycles. The van der Waals surface area contributed by atoms with Gasteiger partial charge in [0.2, 0.25) is 11.8 Å². The summed E-state index contributed by atoms with van der Waals surface area (Å²) >= 11 is 0. The van der Waals surface area contributed by atoms with Crippen molar-refractivity contribution in [1.29, 1.82) is 0 Å². The molecular formula is C30H35N3O4. The molecule has 0 bridgehead atoms. The summed E-state index contributed by atoms with van der Waals surface area (Å²) in [5, 5.41) is 0. The van der Waals surface area contributed by atoms with Gasteiger partial charge in [-0.25, -0.2) is 0 Å². The van der Waals surface area contributed by atoms with Crippen LogP contribution in [-0.4, -0.2) is 46.9 Å². The topological polar surface area (TPSA) is 71.9 Å². The summed E-state index contributed by atoms with van der Waals surface area (Å²) in [7, 11) is 0. The second-order valence-electron chi connectivity index (χ2n) is 9.34. The molecule has 0 N–H and O–H groups in total. The Hall–Kier alpha value is -3.87. The molecule has 37 heavy (non-hydrogen) atoms. The Morgan fingerprint density at radius 1 is 0.919 bits per heavy atom. The number of hydrogen-bond acceptors (Lipinski definition) is 4. The Bertz CT molecular complexity index is 1250. The van der Waals surface area contributed by atoms with E-state index in [1.807, 2.05) is 61.3 Å². The Labute approximate surface area is 218 Å². The summed E-state index contributed by atoms with van der Waals surface area (Å²) in [4.78, 5) is 42.5. The van der Waals surface area contributed by atoms with Gasteiger partial charge in [0, 0.05) is 19.2 Å². The predicted octanol–water partition coefficient (Wildman–Crippen LogP) is 5.19. The summed E-state index contributed by atoms with van der Waals surface area (Å²) in [6.45, 7) is 6.51. The maximum atomic E-state index is 14.1. The molecular weight excluding hydrogens is 466 g/mol. The van der Waals surface area contributed by atoms with Gasteiger partial charge in [-0.05, 0) is 50.1 Å². The van der Waals surface area contributed by atoms with E-state index in [0.717, 1.165) is 41.0 Å². The molecule has 2 heterocycles. The SMILES string of the molecule is CCCCN(CC(=O)N1c2ccccc2-n2cccc2C1c1ccc(C)cc1)C(=O)CCC(=O)OCC. The van der Waals surface area contributed by atoms with E-state index in [0.29, 0.717) is 6.54 Å². The van der Waals surface area contributed by atoms with Crippen molar-refractivity contribution >= 4 is 23.5 Å². The molecule has 7 nitrogen and oxygen atoms in total. The van der Waals surface area contributed by atoms with Gasteiger partial charge >= 0.3 is 5.97 Å². The van der Waals surface area contributed by atoms with Crippen LogP contribution in [0, 0.1) is 6.92 Å². The Kier molecular flexibility index (Phi) is 8.43. The minimum absolute atomic E-state index is 0.00947. The van der Waals surface area contributed by atoms with Gasteiger partial charge in [-0.3, -0.25) is 19.3 Å². The van der Waals surface area contributed by atoms with Gasteiger partial charge in [-0.1, -0.05) is 55.3 Å². The van der Waals surface area contributed by atoms with Crippen LogP contribution in [-0.2, 0) is 19.1 Å². The highest BCUT2D eigenvalue weighted by molar-refractivity contribution is 6.00. The number of para-hydroxylation sites is 2. The number of aryl methyl sites for hydroxylation is 1. The molecule has 2 aromatic carbocycles. The first-order chi connectivity index (χ1) is 17.9. The number of anilines is 1. The van der Waals surface area contributed by atoms with Crippen LogP contribution in [0.1, 0.15) is 62.4 Å². The van der Waals surface area contributed by atoms with E-state index < -0.39 is 5.97 Å². The summed E-state index contributed by atoms with van der Waals surface area (Å²) in [5.74, 6) is -0.774. The number of fused-ring (bicyclic) bond motifs is 3. The minimum Gasteiger partial charge on any atom is -0.466 e. The predicted molar refractivity (Wildman–Crippen MR) is 144 cm³/mol. The molecule has 1 atom stereocenters. The van der Waals surface area contributed by atoms with E-state index in [-0.39, 0.29) is 43.8 Å². The van der Waals surface area contributed by atoms with Crippen molar-refractivity contribution in [1.82, 2.24) is 9.47 Å². The van der Waals surface area contributed by atoms with E-state index >= 15 is 0 Å². The van der Waals surface area contributed by atoms with Crippen molar-refractivity contribution in [2.24, 2.45) is 0 Å². The molecule has 0 saturated heterocycles. The van der Waals surface area contributed by atoms with Crippen LogP contribution >= 0.6 is 0 Å². The molecule has 0 aliphatic carbocycles. The lowest BCUT2D eigenvalue weighted by molar-refractivity contribution is -0.146. The van der Waals surface area contributed by atoms with E-state index in [1.54, 1.807) is 11.8 Å². The number of carbonyl (C=O) groups is 3. The van der Waals surface area contributed by atoms with E-state index in [1.165, 1.54) is 0 Å². The zero-order valence-electron chi connectivity index (χ0n) is 21.9. The first kappa shape index (κ1) is 26.2. The molecule has 0 radical (unpaired) electrons. The van der Waals surface area contributed by atoms with Crippen molar-refractivity contribution in [3.63, 3.8) is 0 Å². The zero-order chi connectivity index (χ0) is 26.4. The highest BCUT2D eigenvalue weighted by Crippen LogP contribution is 2.42. The zero-order valence-corrected chi connectivity index (χ0v) is 21.9. The standard InChI is InChI=1S/C30H35N3O4/c1-4-6-19-31(27(34)17-18-29(36)37-5-2)21-28(35)33-25-11-8-7-10-24(25)32-20-9-12-26(32)30(33)23-15-13-22(3)14-16-23/h7-16,20,30H,4-6,17-19,21H2,1-3H3. The average molecular weight is 502 g/mol. The van der Waals surface area contributed by atoms with Crippen molar-refractivity contribution in [2.45, 2.75) is 52.5 Å². The summed E-state index contributed by atoms with van der Waals surface area (Å²) in [6.07, 6.45) is 3.72. The highest BCUT2D eigenvalue weighted by atomic mass is 16.5. The number of amides is 2. The maximum Gasteiger partial charge on any atom is 0.306 e. The summed E-state index contributed by atoms with van der Waals surface area (Å²) in [5.41, 5.74) is 4.86. The maximum absolute atomic E-state index is 14.1. The number of esters is 1. The van der Waals surface area contributed by atoms with Gasteiger partial charge < -0.3 is 14.2 Å². The first-order valence-corrected chi connectivity index (χ1v) is 13.0. The number of unbranched alkanes of at least 4 members (excludes halogenated alkanes) is 1. The number of rotatable bonds is 10.